The van der Waals surface area contributed by atoms with Gasteiger partial charge in [-0.05, 0) is 61.7 Å². The molecule has 0 fully saturated rings. The van der Waals surface area contributed by atoms with Crippen LogP contribution in [-0.2, 0) is 11.4 Å². The van der Waals surface area contributed by atoms with Crippen molar-refractivity contribution in [2.24, 2.45) is 0 Å². The summed E-state index contributed by atoms with van der Waals surface area (Å²) < 4.78 is 7.09. The molecule has 2 aromatic rings. The Bertz CT molecular complexity index is 652. The van der Waals surface area contributed by atoms with Gasteiger partial charge >= 0.3 is 5.97 Å². The van der Waals surface area contributed by atoms with Crippen molar-refractivity contribution in [2.45, 2.75) is 6.61 Å². The van der Waals surface area contributed by atoms with Crippen molar-refractivity contribution < 1.29 is 14.6 Å². The van der Waals surface area contributed by atoms with Crippen LogP contribution in [0.3, 0.4) is 0 Å². The fraction of sp³-hybridized carbons (Fsp3) is 0.0714. The number of carboxylic acids is 1. The molecule has 7 heteroatoms. The van der Waals surface area contributed by atoms with Crippen LogP contribution in [0.15, 0.2) is 45.6 Å². The second-order valence-corrected chi connectivity index (χ2v) is 5.65. The molecule has 1 aromatic carbocycles. The summed E-state index contributed by atoms with van der Waals surface area (Å²) in [4.78, 5) is 18.7. The lowest BCUT2D eigenvalue weighted by Gasteiger charge is -2.10. The summed E-state index contributed by atoms with van der Waals surface area (Å²) in [6, 6.07) is 5.27. The van der Waals surface area contributed by atoms with Gasteiger partial charge in [0, 0.05) is 18.5 Å². The summed E-state index contributed by atoms with van der Waals surface area (Å²) in [7, 11) is 0. The zero-order valence-electron chi connectivity index (χ0n) is 10.7. The summed E-state index contributed by atoms with van der Waals surface area (Å²) in [5.41, 5.74) is 0.736. The molecule has 2 rings (SSSR count). The molecule has 5 nitrogen and oxygen atoms in total. The molecule has 0 aliphatic carbocycles. The highest BCUT2D eigenvalue weighted by atomic mass is 79.9. The van der Waals surface area contributed by atoms with Gasteiger partial charge in [-0.15, -0.1) is 0 Å². The number of rotatable bonds is 5. The molecule has 0 unspecified atom stereocenters. The molecular formula is C14H10Br2N2O3. The average molecular weight is 414 g/mol. The summed E-state index contributed by atoms with van der Waals surface area (Å²) in [5.74, 6) is 0.185. The fourth-order valence-corrected chi connectivity index (χ4v) is 2.97. The van der Waals surface area contributed by atoms with E-state index in [9.17, 15) is 4.79 Å². The van der Waals surface area contributed by atoms with Crippen LogP contribution in [0.2, 0.25) is 0 Å². The maximum Gasteiger partial charge on any atom is 0.328 e. The molecule has 1 N–H and O–H groups in total. The highest BCUT2D eigenvalue weighted by Crippen LogP contribution is 2.35. The number of aromatic nitrogens is 2. The Labute approximate surface area is 138 Å². The third-order valence-electron chi connectivity index (χ3n) is 2.40. The van der Waals surface area contributed by atoms with Crippen molar-refractivity contribution in [1.29, 1.82) is 0 Å². The Morgan fingerprint density at radius 1 is 1.24 bits per heavy atom. The molecule has 0 atom stereocenters. The molecule has 0 aliphatic rings. The number of aliphatic carboxylic acids is 1. The van der Waals surface area contributed by atoms with Crippen LogP contribution < -0.4 is 4.74 Å². The topological polar surface area (TPSA) is 72.3 Å². The highest BCUT2D eigenvalue weighted by Gasteiger charge is 2.09. The molecule has 108 valence electrons. The van der Waals surface area contributed by atoms with Gasteiger partial charge in [0.2, 0.25) is 0 Å². The Kier molecular flexibility index (Phi) is 5.46. The van der Waals surface area contributed by atoms with Crippen LogP contribution in [0.25, 0.3) is 6.08 Å². The summed E-state index contributed by atoms with van der Waals surface area (Å²) in [5, 5.41) is 8.63. The first-order valence-electron chi connectivity index (χ1n) is 5.85. The smallest absolute Gasteiger partial charge is 0.328 e. The third kappa shape index (κ3) is 4.64. The second kappa shape index (κ2) is 7.33. The minimum Gasteiger partial charge on any atom is -0.483 e. The van der Waals surface area contributed by atoms with Gasteiger partial charge in [-0.3, -0.25) is 0 Å². The third-order valence-corrected chi connectivity index (χ3v) is 3.58. The lowest BCUT2D eigenvalue weighted by molar-refractivity contribution is -0.131. The van der Waals surface area contributed by atoms with E-state index in [1.807, 2.05) is 0 Å². The molecule has 0 bridgehead atoms. The van der Waals surface area contributed by atoms with E-state index in [4.69, 9.17) is 9.84 Å². The number of carbonyl (C=O) groups is 1. The van der Waals surface area contributed by atoms with Crippen molar-refractivity contribution in [3.63, 3.8) is 0 Å². The maximum atomic E-state index is 10.5. The summed E-state index contributed by atoms with van der Waals surface area (Å²) in [6.07, 6.45) is 5.87. The van der Waals surface area contributed by atoms with E-state index in [0.29, 0.717) is 20.5 Å². The Morgan fingerprint density at radius 2 is 1.86 bits per heavy atom. The van der Waals surface area contributed by atoms with E-state index in [-0.39, 0.29) is 6.61 Å². The number of halogens is 2. The second-order valence-electron chi connectivity index (χ2n) is 3.94. The van der Waals surface area contributed by atoms with Crippen LogP contribution in [-0.4, -0.2) is 21.0 Å². The van der Waals surface area contributed by atoms with E-state index in [0.717, 1.165) is 11.6 Å². The van der Waals surface area contributed by atoms with Gasteiger partial charge in [-0.2, -0.15) is 0 Å². The maximum absolute atomic E-state index is 10.5. The summed E-state index contributed by atoms with van der Waals surface area (Å²) in [6.45, 7) is 0.238. The molecular weight excluding hydrogens is 404 g/mol. The Hall–Kier alpha value is -1.73. The number of benzene rings is 1. The molecule has 1 heterocycles. The normalized spacial score (nSPS) is 10.8. The monoisotopic (exact) mass is 412 g/mol. The lowest BCUT2D eigenvalue weighted by Crippen LogP contribution is -2.01. The van der Waals surface area contributed by atoms with Gasteiger partial charge in [0.05, 0.1) is 8.95 Å². The Balaban J connectivity index is 2.15. The molecule has 0 amide bonds. The van der Waals surface area contributed by atoms with Crippen LogP contribution in [0.1, 0.15) is 11.4 Å². The van der Waals surface area contributed by atoms with Gasteiger partial charge < -0.3 is 9.84 Å². The van der Waals surface area contributed by atoms with Crippen molar-refractivity contribution >= 4 is 43.9 Å². The largest absolute Gasteiger partial charge is 0.483 e. The van der Waals surface area contributed by atoms with Crippen molar-refractivity contribution in [2.75, 3.05) is 0 Å². The quantitative estimate of drug-likeness (QED) is 0.757. The number of nitrogens with zero attached hydrogens (tertiary/aromatic N) is 2. The standard InChI is InChI=1S/C14H10Br2N2O3/c15-10-6-9(2-3-13(19)20)7-11(16)14(10)21-8-12-17-4-1-5-18-12/h1-7H,8H2,(H,19,20)/b3-2+. The fourth-order valence-electron chi connectivity index (χ4n) is 1.52. The van der Waals surface area contributed by atoms with E-state index in [2.05, 4.69) is 41.8 Å². The lowest BCUT2D eigenvalue weighted by atomic mass is 10.2. The van der Waals surface area contributed by atoms with Crippen molar-refractivity contribution in [3.05, 3.63) is 57.0 Å². The van der Waals surface area contributed by atoms with Crippen molar-refractivity contribution in [3.8, 4) is 5.75 Å². The van der Waals surface area contributed by atoms with Gasteiger partial charge in [0.1, 0.15) is 12.4 Å². The first kappa shape index (κ1) is 15.7. The molecule has 1 aromatic heterocycles. The van der Waals surface area contributed by atoms with Gasteiger partial charge in [-0.1, -0.05) is 0 Å². The zero-order chi connectivity index (χ0) is 15.2. The van der Waals surface area contributed by atoms with Gasteiger partial charge in [-0.25, -0.2) is 14.8 Å². The first-order chi connectivity index (χ1) is 10.1. The SMILES string of the molecule is O=C(O)/C=C/c1cc(Br)c(OCc2ncccn2)c(Br)c1. The minimum atomic E-state index is -0.996. The zero-order valence-corrected chi connectivity index (χ0v) is 13.8. The van der Waals surface area contributed by atoms with E-state index in [1.54, 1.807) is 30.6 Å². The molecule has 0 aliphatic heterocycles. The molecule has 21 heavy (non-hydrogen) atoms. The van der Waals surface area contributed by atoms with Crippen LogP contribution in [0.4, 0.5) is 0 Å². The van der Waals surface area contributed by atoms with Crippen LogP contribution in [0, 0.1) is 0 Å². The number of ether oxygens (including phenoxy) is 1. The average Bonchev–Trinajstić information content (AvgIpc) is 2.45. The Morgan fingerprint density at radius 3 is 2.43 bits per heavy atom. The van der Waals surface area contributed by atoms with E-state index >= 15 is 0 Å². The van der Waals surface area contributed by atoms with E-state index in [1.165, 1.54) is 6.08 Å². The van der Waals surface area contributed by atoms with Crippen molar-refractivity contribution in [1.82, 2.24) is 9.97 Å². The van der Waals surface area contributed by atoms with Gasteiger partial charge in [0.15, 0.2) is 5.82 Å². The predicted octanol–water partition coefficient (Wildman–Crippen LogP) is 3.68. The summed E-state index contributed by atoms with van der Waals surface area (Å²) >= 11 is 6.80. The van der Waals surface area contributed by atoms with Gasteiger partial charge in [0.25, 0.3) is 0 Å². The minimum absolute atomic E-state index is 0.238. The first-order valence-corrected chi connectivity index (χ1v) is 7.43. The number of carboxylic acid groups (broad SMARTS) is 1. The highest BCUT2D eigenvalue weighted by molar-refractivity contribution is 9.11. The molecule has 0 radical (unpaired) electrons. The van der Waals surface area contributed by atoms with Crippen LogP contribution in [0.5, 0.6) is 5.75 Å². The molecule has 0 saturated carbocycles. The molecule has 0 saturated heterocycles. The molecule has 0 spiro atoms. The number of hydrogen-bond donors (Lipinski definition) is 1. The van der Waals surface area contributed by atoms with Crippen LogP contribution >= 0.6 is 31.9 Å². The number of hydrogen-bond acceptors (Lipinski definition) is 4. The predicted molar refractivity (Wildman–Crippen MR) is 84.9 cm³/mol. The van der Waals surface area contributed by atoms with E-state index < -0.39 is 5.97 Å².